The van der Waals surface area contributed by atoms with Crippen molar-refractivity contribution >= 4 is 39.4 Å². The van der Waals surface area contributed by atoms with Gasteiger partial charge in [-0.15, -0.1) is 12.4 Å². The predicted molar refractivity (Wildman–Crippen MR) is 111 cm³/mol. The first-order chi connectivity index (χ1) is 12.9. The molecule has 8 nitrogen and oxygen atoms in total. The topological polar surface area (TPSA) is 110 Å². The number of aryl methyl sites for hydroxylation is 2. The molecule has 0 unspecified atom stereocenters. The highest BCUT2D eigenvalue weighted by Gasteiger charge is 2.26. The van der Waals surface area contributed by atoms with Gasteiger partial charge in [0.2, 0.25) is 15.9 Å². The van der Waals surface area contributed by atoms with E-state index >= 15 is 0 Å². The average molecular weight is 430 g/mol. The summed E-state index contributed by atoms with van der Waals surface area (Å²) in [6.07, 6.45) is 3.68. The second-order valence-electron chi connectivity index (χ2n) is 6.84. The molecule has 0 saturated carbocycles. The van der Waals surface area contributed by atoms with Crippen LogP contribution in [0.15, 0.2) is 23.1 Å². The molecular weight excluding hydrogens is 402 g/mol. The third-order valence-electron chi connectivity index (χ3n) is 4.94. The van der Waals surface area contributed by atoms with Crippen LogP contribution in [0.3, 0.4) is 0 Å². The molecule has 1 amide bonds. The molecule has 1 aromatic heterocycles. The summed E-state index contributed by atoms with van der Waals surface area (Å²) in [4.78, 5) is 16.6. The van der Waals surface area contributed by atoms with Crippen LogP contribution in [0, 0.1) is 0 Å². The number of carbonyl (C=O) groups excluding carboxylic acids is 1. The molecule has 2 heterocycles. The molecule has 1 aromatic carbocycles. The first-order valence-electron chi connectivity index (χ1n) is 9.36. The summed E-state index contributed by atoms with van der Waals surface area (Å²) in [5.41, 5.74) is 6.86. The van der Waals surface area contributed by atoms with E-state index in [0.717, 1.165) is 30.6 Å². The maximum absolute atomic E-state index is 12.9. The summed E-state index contributed by atoms with van der Waals surface area (Å²) < 4.78 is 29.2. The Kier molecular flexibility index (Phi) is 7.82. The Morgan fingerprint density at radius 2 is 1.96 bits per heavy atom. The van der Waals surface area contributed by atoms with Crippen molar-refractivity contribution in [3.63, 3.8) is 0 Å². The minimum absolute atomic E-state index is 0. The number of piperidine rings is 1. The number of aromatic nitrogens is 2. The second kappa shape index (κ2) is 9.69. The fourth-order valence-corrected chi connectivity index (χ4v) is 4.93. The van der Waals surface area contributed by atoms with Gasteiger partial charge in [-0.1, -0.05) is 6.42 Å². The van der Waals surface area contributed by atoms with Crippen LogP contribution in [0.2, 0.25) is 0 Å². The van der Waals surface area contributed by atoms with Gasteiger partial charge in [0.25, 0.3) is 0 Å². The summed E-state index contributed by atoms with van der Waals surface area (Å²) >= 11 is 0. The van der Waals surface area contributed by atoms with Gasteiger partial charge in [-0.2, -0.15) is 4.31 Å². The molecule has 3 rings (SSSR count). The fraction of sp³-hybridized carbons (Fsp3) is 0.556. The zero-order valence-corrected chi connectivity index (χ0v) is 17.7. The van der Waals surface area contributed by atoms with Crippen molar-refractivity contribution in [1.29, 1.82) is 0 Å². The molecule has 0 spiro atoms. The Labute approximate surface area is 171 Å². The number of carbonyl (C=O) groups is 1. The van der Waals surface area contributed by atoms with E-state index in [4.69, 9.17) is 5.73 Å². The maximum atomic E-state index is 12.9. The highest BCUT2D eigenvalue weighted by Crippen LogP contribution is 2.24. The highest BCUT2D eigenvalue weighted by molar-refractivity contribution is 7.89. The predicted octanol–water partition coefficient (Wildman–Crippen LogP) is 1.18. The standard InChI is InChI=1S/C18H27N5O3S.ClH/c1-22-16-6-5-14(27(25,26)23-11-3-2-4-12-23)13-15(16)21-17(22)7-8-18(24)20-10-9-19;/h5-6,13H,2-4,7-12,19H2,1H3,(H,20,24);1H. The number of amides is 1. The molecule has 156 valence electrons. The molecule has 3 N–H and O–H groups in total. The second-order valence-corrected chi connectivity index (χ2v) is 8.78. The number of halogens is 1. The third-order valence-corrected chi connectivity index (χ3v) is 6.83. The Bertz CT molecular complexity index is 923. The van der Waals surface area contributed by atoms with Crippen molar-refractivity contribution in [3.05, 3.63) is 24.0 Å². The molecule has 1 fully saturated rings. The van der Waals surface area contributed by atoms with Gasteiger partial charge in [0.05, 0.1) is 15.9 Å². The zero-order chi connectivity index (χ0) is 19.4. The number of hydrogen-bond acceptors (Lipinski definition) is 5. The minimum Gasteiger partial charge on any atom is -0.355 e. The van der Waals surface area contributed by atoms with Gasteiger partial charge in [0.15, 0.2) is 0 Å². The summed E-state index contributed by atoms with van der Waals surface area (Å²) in [5.74, 6) is 0.682. The highest BCUT2D eigenvalue weighted by atomic mass is 35.5. The number of nitrogens with zero attached hydrogens (tertiary/aromatic N) is 3. The summed E-state index contributed by atoms with van der Waals surface area (Å²) in [6.45, 7) is 2.02. The Hall–Kier alpha value is -1.68. The van der Waals surface area contributed by atoms with E-state index in [2.05, 4.69) is 10.3 Å². The number of fused-ring (bicyclic) bond motifs is 1. The van der Waals surface area contributed by atoms with Crippen molar-refractivity contribution in [2.75, 3.05) is 26.2 Å². The quantitative estimate of drug-likeness (QED) is 0.686. The van der Waals surface area contributed by atoms with E-state index in [1.54, 1.807) is 22.5 Å². The van der Waals surface area contributed by atoms with Crippen LogP contribution in [-0.2, 0) is 28.3 Å². The number of nitrogens with two attached hydrogens (primary N) is 1. The van der Waals surface area contributed by atoms with Crippen LogP contribution < -0.4 is 11.1 Å². The van der Waals surface area contributed by atoms with E-state index in [0.29, 0.717) is 44.5 Å². The lowest BCUT2D eigenvalue weighted by Gasteiger charge is -2.25. The van der Waals surface area contributed by atoms with Crippen molar-refractivity contribution < 1.29 is 13.2 Å². The normalized spacial score (nSPS) is 15.4. The smallest absolute Gasteiger partial charge is 0.243 e. The van der Waals surface area contributed by atoms with Crippen molar-refractivity contribution in [3.8, 4) is 0 Å². The molecule has 28 heavy (non-hydrogen) atoms. The van der Waals surface area contributed by atoms with Crippen LogP contribution in [0.5, 0.6) is 0 Å². The number of rotatable bonds is 7. The largest absolute Gasteiger partial charge is 0.355 e. The SMILES string of the molecule is Cl.Cn1c(CCC(=O)NCCN)nc2cc(S(=O)(=O)N3CCCCC3)ccc21. The van der Waals surface area contributed by atoms with Gasteiger partial charge < -0.3 is 15.6 Å². The summed E-state index contributed by atoms with van der Waals surface area (Å²) in [6, 6.07) is 5.07. The maximum Gasteiger partial charge on any atom is 0.243 e. The first kappa shape index (κ1) is 22.6. The van der Waals surface area contributed by atoms with Crippen LogP contribution in [0.4, 0.5) is 0 Å². The van der Waals surface area contributed by atoms with Crippen molar-refractivity contribution in [1.82, 2.24) is 19.2 Å². The van der Waals surface area contributed by atoms with E-state index in [-0.39, 0.29) is 23.2 Å². The lowest BCUT2D eigenvalue weighted by molar-refractivity contribution is -0.121. The monoisotopic (exact) mass is 429 g/mol. The Balaban J connectivity index is 0.00000280. The molecule has 1 aliphatic heterocycles. The van der Waals surface area contributed by atoms with Crippen LogP contribution in [0.1, 0.15) is 31.5 Å². The van der Waals surface area contributed by atoms with Gasteiger partial charge in [0.1, 0.15) is 5.82 Å². The molecule has 0 atom stereocenters. The number of imidazole rings is 1. The molecule has 10 heteroatoms. The minimum atomic E-state index is -3.48. The van der Waals surface area contributed by atoms with Gasteiger partial charge in [0, 0.05) is 46.1 Å². The molecule has 0 radical (unpaired) electrons. The lowest BCUT2D eigenvalue weighted by Crippen LogP contribution is -2.35. The first-order valence-corrected chi connectivity index (χ1v) is 10.8. The van der Waals surface area contributed by atoms with Crippen LogP contribution in [0.25, 0.3) is 11.0 Å². The zero-order valence-electron chi connectivity index (χ0n) is 16.1. The summed E-state index contributed by atoms with van der Waals surface area (Å²) in [5, 5.41) is 2.74. The molecule has 0 aliphatic carbocycles. The Morgan fingerprint density at radius 3 is 2.64 bits per heavy atom. The Morgan fingerprint density at radius 1 is 1.25 bits per heavy atom. The number of sulfonamides is 1. The number of hydrogen-bond donors (Lipinski definition) is 2. The molecule has 1 saturated heterocycles. The van der Waals surface area contributed by atoms with Crippen molar-refractivity contribution in [2.45, 2.75) is 37.0 Å². The van der Waals surface area contributed by atoms with Crippen LogP contribution in [-0.4, -0.2) is 54.4 Å². The van der Waals surface area contributed by atoms with Crippen molar-refractivity contribution in [2.24, 2.45) is 12.8 Å². The molecule has 0 bridgehead atoms. The number of nitrogens with one attached hydrogen (secondary N) is 1. The van der Waals surface area contributed by atoms with Gasteiger partial charge in [-0.05, 0) is 31.0 Å². The molecule has 2 aromatic rings. The van der Waals surface area contributed by atoms with E-state index in [9.17, 15) is 13.2 Å². The van der Waals surface area contributed by atoms with E-state index in [1.807, 2.05) is 11.6 Å². The van der Waals surface area contributed by atoms with Gasteiger partial charge >= 0.3 is 0 Å². The molecular formula is C18H28ClN5O3S. The van der Waals surface area contributed by atoms with Gasteiger partial charge in [-0.3, -0.25) is 4.79 Å². The summed E-state index contributed by atoms with van der Waals surface area (Å²) in [7, 11) is -1.61. The fourth-order valence-electron chi connectivity index (χ4n) is 3.39. The number of benzene rings is 1. The van der Waals surface area contributed by atoms with E-state index < -0.39 is 10.0 Å². The lowest BCUT2D eigenvalue weighted by atomic mass is 10.2. The average Bonchev–Trinajstić information content (AvgIpc) is 3.00. The third kappa shape index (κ3) is 4.83. The van der Waals surface area contributed by atoms with Crippen LogP contribution >= 0.6 is 12.4 Å². The van der Waals surface area contributed by atoms with E-state index in [1.165, 1.54) is 0 Å². The van der Waals surface area contributed by atoms with Gasteiger partial charge in [-0.25, -0.2) is 13.4 Å². The molecule has 1 aliphatic rings.